The van der Waals surface area contributed by atoms with Crippen molar-refractivity contribution >= 4 is 23.4 Å². The van der Waals surface area contributed by atoms with Crippen LogP contribution >= 0.6 is 11.8 Å². The first kappa shape index (κ1) is 18.6. The highest BCUT2D eigenvalue weighted by Gasteiger charge is 2.18. The minimum Gasteiger partial charge on any atom is -0.325 e. The molecular formula is C21H27NOS. The molecule has 0 unspecified atom stereocenters. The second-order valence-electron chi connectivity index (χ2n) is 6.71. The largest absolute Gasteiger partial charge is 0.325 e. The summed E-state index contributed by atoms with van der Waals surface area (Å²) in [5.41, 5.74) is 5.69. The smallest absolute Gasteiger partial charge is 0.237 e. The van der Waals surface area contributed by atoms with Crippen LogP contribution in [0.15, 0.2) is 41.3 Å². The lowest BCUT2D eigenvalue weighted by Gasteiger charge is -2.19. The summed E-state index contributed by atoms with van der Waals surface area (Å²) in [6, 6.07) is 12.6. The lowest BCUT2D eigenvalue weighted by atomic mass is 9.98. The number of nitrogens with one attached hydrogen (secondary N) is 1. The Labute approximate surface area is 150 Å². The molecule has 24 heavy (non-hydrogen) atoms. The minimum absolute atomic E-state index is 0.0529. The van der Waals surface area contributed by atoms with E-state index in [1.54, 1.807) is 11.8 Å². The Morgan fingerprint density at radius 1 is 1.00 bits per heavy atom. The van der Waals surface area contributed by atoms with E-state index < -0.39 is 0 Å². The fraction of sp³-hybridized carbons (Fsp3) is 0.381. The molecule has 2 nitrogen and oxygen atoms in total. The molecule has 0 bridgehead atoms. The fourth-order valence-corrected chi connectivity index (χ4v) is 3.70. The maximum atomic E-state index is 12.7. The Morgan fingerprint density at radius 3 is 2.38 bits per heavy atom. The highest BCUT2D eigenvalue weighted by molar-refractivity contribution is 8.00. The number of para-hydroxylation sites is 1. The highest BCUT2D eigenvalue weighted by Crippen LogP contribution is 2.31. The van der Waals surface area contributed by atoms with Gasteiger partial charge in [-0.3, -0.25) is 4.79 Å². The van der Waals surface area contributed by atoms with Crippen molar-refractivity contribution in [3.8, 4) is 0 Å². The number of carbonyl (C=O) groups excluding carboxylic acids is 1. The maximum Gasteiger partial charge on any atom is 0.237 e. The van der Waals surface area contributed by atoms with Gasteiger partial charge in [0, 0.05) is 10.6 Å². The molecule has 1 N–H and O–H groups in total. The van der Waals surface area contributed by atoms with Crippen LogP contribution in [-0.4, -0.2) is 11.2 Å². The molecule has 2 rings (SSSR count). The van der Waals surface area contributed by atoms with Gasteiger partial charge in [-0.05, 0) is 56.4 Å². The average Bonchev–Trinajstić information content (AvgIpc) is 2.52. The van der Waals surface area contributed by atoms with Crippen molar-refractivity contribution in [3.05, 3.63) is 58.7 Å². The van der Waals surface area contributed by atoms with Crippen LogP contribution in [0, 0.1) is 20.8 Å². The quantitative estimate of drug-likeness (QED) is 0.691. The third kappa shape index (κ3) is 4.41. The van der Waals surface area contributed by atoms with Gasteiger partial charge in [0.2, 0.25) is 5.91 Å². The van der Waals surface area contributed by atoms with Crippen LogP contribution in [0.3, 0.4) is 0 Å². The minimum atomic E-state index is -0.148. The molecule has 2 aromatic carbocycles. The Bertz CT molecular complexity index is 737. The van der Waals surface area contributed by atoms with E-state index in [2.05, 4.69) is 63.3 Å². The molecule has 1 amide bonds. The molecule has 0 aromatic heterocycles. The van der Waals surface area contributed by atoms with Crippen molar-refractivity contribution in [2.75, 3.05) is 5.32 Å². The van der Waals surface area contributed by atoms with Crippen molar-refractivity contribution in [1.82, 2.24) is 0 Å². The third-order valence-electron chi connectivity index (χ3n) is 4.19. The predicted octanol–water partition coefficient (Wildman–Crippen LogP) is 5.85. The third-order valence-corrected chi connectivity index (χ3v) is 5.45. The first-order chi connectivity index (χ1) is 11.3. The van der Waals surface area contributed by atoms with E-state index in [-0.39, 0.29) is 11.2 Å². The van der Waals surface area contributed by atoms with Crippen molar-refractivity contribution in [1.29, 1.82) is 0 Å². The molecule has 2 aromatic rings. The van der Waals surface area contributed by atoms with Crippen LogP contribution in [-0.2, 0) is 4.79 Å². The number of amides is 1. The molecular weight excluding hydrogens is 314 g/mol. The summed E-state index contributed by atoms with van der Waals surface area (Å²) < 4.78 is 0. The zero-order chi connectivity index (χ0) is 17.9. The predicted molar refractivity (Wildman–Crippen MR) is 105 cm³/mol. The zero-order valence-electron chi connectivity index (χ0n) is 15.4. The molecule has 0 saturated carbocycles. The molecule has 128 valence electrons. The van der Waals surface area contributed by atoms with Crippen LogP contribution in [0.5, 0.6) is 0 Å². The van der Waals surface area contributed by atoms with Gasteiger partial charge in [0.15, 0.2) is 0 Å². The molecule has 0 aliphatic heterocycles. The first-order valence-electron chi connectivity index (χ1n) is 8.44. The van der Waals surface area contributed by atoms with Crippen LogP contribution in [0.2, 0.25) is 0 Å². The number of thioether (sulfide) groups is 1. The Hall–Kier alpha value is -1.74. The van der Waals surface area contributed by atoms with Gasteiger partial charge in [-0.15, -0.1) is 11.8 Å². The highest BCUT2D eigenvalue weighted by atomic mass is 32.2. The van der Waals surface area contributed by atoms with Crippen molar-refractivity contribution in [2.24, 2.45) is 0 Å². The second kappa shape index (κ2) is 7.89. The van der Waals surface area contributed by atoms with Gasteiger partial charge in [-0.1, -0.05) is 49.7 Å². The van der Waals surface area contributed by atoms with E-state index in [4.69, 9.17) is 0 Å². The van der Waals surface area contributed by atoms with E-state index in [0.29, 0.717) is 5.92 Å². The van der Waals surface area contributed by atoms with Gasteiger partial charge in [-0.25, -0.2) is 0 Å². The Balaban J connectivity index is 2.17. The van der Waals surface area contributed by atoms with Crippen molar-refractivity contribution in [2.45, 2.75) is 57.6 Å². The number of rotatable bonds is 5. The lowest BCUT2D eigenvalue weighted by Crippen LogP contribution is -2.23. The number of anilines is 1. The van der Waals surface area contributed by atoms with Crippen LogP contribution in [0.1, 0.15) is 48.9 Å². The number of hydrogen-bond donors (Lipinski definition) is 1. The Morgan fingerprint density at radius 2 is 1.71 bits per heavy atom. The number of carbonyl (C=O) groups is 1. The summed E-state index contributed by atoms with van der Waals surface area (Å²) in [6.07, 6.45) is 0. The van der Waals surface area contributed by atoms with Crippen LogP contribution in [0.4, 0.5) is 5.69 Å². The van der Waals surface area contributed by atoms with Gasteiger partial charge in [-0.2, -0.15) is 0 Å². The van der Waals surface area contributed by atoms with Crippen molar-refractivity contribution < 1.29 is 4.79 Å². The second-order valence-corrected chi connectivity index (χ2v) is 8.09. The SMILES string of the molecule is Cc1ccc(C)c(S[C@H](C)C(=O)Nc2c(C)cccc2C(C)C)c1. The first-order valence-corrected chi connectivity index (χ1v) is 9.32. The van der Waals surface area contributed by atoms with Gasteiger partial charge in [0.1, 0.15) is 0 Å². The topological polar surface area (TPSA) is 29.1 Å². The molecule has 0 radical (unpaired) electrons. The van der Waals surface area contributed by atoms with Crippen LogP contribution in [0.25, 0.3) is 0 Å². The maximum absolute atomic E-state index is 12.7. The molecule has 0 heterocycles. The fourth-order valence-electron chi connectivity index (χ4n) is 2.65. The normalized spacial score (nSPS) is 12.3. The van der Waals surface area contributed by atoms with E-state index >= 15 is 0 Å². The summed E-state index contributed by atoms with van der Waals surface area (Å²) in [5, 5.41) is 3.01. The summed E-state index contributed by atoms with van der Waals surface area (Å²) in [7, 11) is 0. The van der Waals surface area contributed by atoms with E-state index in [9.17, 15) is 4.79 Å². The molecule has 0 fully saturated rings. The van der Waals surface area contributed by atoms with Gasteiger partial charge < -0.3 is 5.32 Å². The Kier molecular flexibility index (Phi) is 6.11. The summed E-state index contributed by atoms with van der Waals surface area (Å²) in [4.78, 5) is 13.9. The number of hydrogen-bond acceptors (Lipinski definition) is 2. The standard InChI is InChI=1S/C21H27NOS/c1-13(2)18-9-7-8-16(5)20(18)22-21(23)17(6)24-19-12-14(3)10-11-15(19)4/h7-13,17H,1-6H3,(H,22,23)/t17-/m1/s1. The molecule has 0 saturated heterocycles. The molecule has 0 aliphatic rings. The van der Waals surface area contributed by atoms with E-state index in [1.807, 2.05) is 19.9 Å². The van der Waals surface area contributed by atoms with E-state index in [1.165, 1.54) is 21.6 Å². The zero-order valence-corrected chi connectivity index (χ0v) is 16.3. The molecule has 0 spiro atoms. The van der Waals surface area contributed by atoms with E-state index in [0.717, 1.165) is 11.3 Å². The summed E-state index contributed by atoms with van der Waals surface area (Å²) >= 11 is 1.62. The van der Waals surface area contributed by atoms with Crippen LogP contribution < -0.4 is 5.32 Å². The molecule has 1 atom stereocenters. The average molecular weight is 342 g/mol. The summed E-state index contributed by atoms with van der Waals surface area (Å²) in [6.45, 7) is 12.5. The monoisotopic (exact) mass is 341 g/mol. The molecule has 0 aliphatic carbocycles. The molecule has 3 heteroatoms. The van der Waals surface area contributed by atoms with Gasteiger partial charge in [0.25, 0.3) is 0 Å². The van der Waals surface area contributed by atoms with Crippen molar-refractivity contribution in [3.63, 3.8) is 0 Å². The summed E-state index contributed by atoms with van der Waals surface area (Å²) in [5.74, 6) is 0.430. The van der Waals surface area contributed by atoms with Gasteiger partial charge >= 0.3 is 0 Å². The lowest BCUT2D eigenvalue weighted by molar-refractivity contribution is -0.115. The number of benzene rings is 2. The number of aryl methyl sites for hydroxylation is 3. The van der Waals surface area contributed by atoms with Gasteiger partial charge in [0.05, 0.1) is 5.25 Å².